The highest BCUT2D eigenvalue weighted by Crippen LogP contribution is 2.21. The van der Waals surface area contributed by atoms with Crippen molar-refractivity contribution in [1.82, 2.24) is 9.55 Å². The van der Waals surface area contributed by atoms with E-state index in [1.165, 1.54) is 16.7 Å². The molecule has 0 radical (unpaired) electrons. The molecular weight excluding hydrogens is 290 g/mol. The van der Waals surface area contributed by atoms with Crippen LogP contribution in [0.5, 0.6) is 5.75 Å². The van der Waals surface area contributed by atoms with Crippen molar-refractivity contribution in [3.63, 3.8) is 0 Å². The van der Waals surface area contributed by atoms with E-state index in [1.54, 1.807) is 30.3 Å². The second-order valence-electron chi connectivity index (χ2n) is 5.63. The van der Waals surface area contributed by atoms with E-state index in [4.69, 9.17) is 5.26 Å². The van der Waals surface area contributed by atoms with Crippen LogP contribution >= 0.6 is 0 Å². The lowest BCUT2D eigenvalue weighted by atomic mass is 10.1. The van der Waals surface area contributed by atoms with Gasteiger partial charge in [-0.2, -0.15) is 5.26 Å². The molecule has 0 saturated heterocycles. The summed E-state index contributed by atoms with van der Waals surface area (Å²) in [4.78, 5) is 17.5. The van der Waals surface area contributed by atoms with Crippen LogP contribution in [0.4, 0.5) is 0 Å². The van der Waals surface area contributed by atoms with Crippen LogP contribution in [-0.4, -0.2) is 14.7 Å². The first-order chi connectivity index (χ1) is 11.0. The van der Waals surface area contributed by atoms with E-state index in [0.717, 1.165) is 0 Å². The van der Waals surface area contributed by atoms with Gasteiger partial charge in [0.15, 0.2) is 0 Å². The molecule has 0 atom stereocenters. The number of hydrogen-bond donors (Lipinski definition) is 1. The molecular formula is C18H15N3O2. The first-order valence-corrected chi connectivity index (χ1v) is 7.27. The molecule has 5 heteroatoms. The molecule has 0 fully saturated rings. The average Bonchev–Trinajstić information content (AvgIpc) is 2.54. The van der Waals surface area contributed by atoms with Crippen LogP contribution in [0, 0.1) is 11.3 Å². The minimum Gasteiger partial charge on any atom is -0.508 e. The summed E-state index contributed by atoms with van der Waals surface area (Å²) >= 11 is 0. The zero-order chi connectivity index (χ0) is 16.6. The van der Waals surface area contributed by atoms with Crippen molar-refractivity contribution in [2.24, 2.45) is 0 Å². The molecule has 5 nitrogen and oxygen atoms in total. The Kier molecular flexibility index (Phi) is 3.59. The maximum absolute atomic E-state index is 12.9. The first-order valence-electron chi connectivity index (χ1n) is 7.27. The topological polar surface area (TPSA) is 78.9 Å². The molecule has 0 aliphatic rings. The molecule has 0 saturated carbocycles. The summed E-state index contributed by atoms with van der Waals surface area (Å²) in [6, 6.07) is 13.5. The van der Waals surface area contributed by atoms with Gasteiger partial charge < -0.3 is 5.11 Å². The number of aromatic nitrogens is 2. The van der Waals surface area contributed by atoms with Crippen molar-refractivity contribution in [3.8, 4) is 17.5 Å². The van der Waals surface area contributed by atoms with Crippen LogP contribution in [0.25, 0.3) is 16.6 Å². The number of hydrogen-bond acceptors (Lipinski definition) is 4. The van der Waals surface area contributed by atoms with Crippen molar-refractivity contribution in [3.05, 3.63) is 64.2 Å². The molecule has 0 aliphatic carbocycles. The zero-order valence-corrected chi connectivity index (χ0v) is 12.8. The normalized spacial score (nSPS) is 10.9. The Balaban J connectivity index is 2.41. The van der Waals surface area contributed by atoms with Crippen LogP contribution in [0.3, 0.4) is 0 Å². The molecule has 3 aromatic rings. The standard InChI is InChI=1S/C18H15N3O2/c1-11(2)17-20-16-9-14(22)6-7-15(16)18(23)21(17)13-5-3-4-12(8-13)10-19/h3-9,11,22H,1-2H3. The molecule has 0 amide bonds. The van der Waals surface area contributed by atoms with Gasteiger partial charge in [0.2, 0.25) is 0 Å². The van der Waals surface area contributed by atoms with Crippen molar-refractivity contribution in [2.45, 2.75) is 19.8 Å². The predicted octanol–water partition coefficient (Wildman–Crippen LogP) is 3.09. The molecule has 1 heterocycles. The third-order valence-electron chi connectivity index (χ3n) is 3.63. The lowest BCUT2D eigenvalue weighted by Gasteiger charge is -2.16. The Hall–Kier alpha value is -3.13. The van der Waals surface area contributed by atoms with E-state index in [9.17, 15) is 9.90 Å². The van der Waals surface area contributed by atoms with Crippen molar-refractivity contribution >= 4 is 10.9 Å². The monoisotopic (exact) mass is 305 g/mol. The summed E-state index contributed by atoms with van der Waals surface area (Å²) in [6.45, 7) is 3.89. The summed E-state index contributed by atoms with van der Waals surface area (Å²) in [7, 11) is 0. The Bertz CT molecular complexity index is 997. The predicted molar refractivity (Wildman–Crippen MR) is 87.8 cm³/mol. The molecule has 1 aromatic heterocycles. The van der Waals surface area contributed by atoms with Crippen LogP contribution in [-0.2, 0) is 0 Å². The second kappa shape index (κ2) is 5.58. The number of nitriles is 1. The van der Waals surface area contributed by atoms with E-state index in [-0.39, 0.29) is 17.2 Å². The zero-order valence-electron chi connectivity index (χ0n) is 12.8. The van der Waals surface area contributed by atoms with E-state index in [1.807, 2.05) is 13.8 Å². The third kappa shape index (κ3) is 2.55. The highest BCUT2D eigenvalue weighted by atomic mass is 16.3. The average molecular weight is 305 g/mol. The molecule has 0 bridgehead atoms. The summed E-state index contributed by atoms with van der Waals surface area (Å²) in [5.74, 6) is 0.659. The van der Waals surface area contributed by atoms with E-state index < -0.39 is 0 Å². The van der Waals surface area contributed by atoms with Gasteiger partial charge in [-0.15, -0.1) is 0 Å². The van der Waals surface area contributed by atoms with Crippen molar-refractivity contribution in [2.75, 3.05) is 0 Å². The van der Waals surface area contributed by atoms with Gasteiger partial charge in [0.05, 0.1) is 28.2 Å². The van der Waals surface area contributed by atoms with Gasteiger partial charge >= 0.3 is 0 Å². The molecule has 0 unspecified atom stereocenters. The molecule has 114 valence electrons. The SMILES string of the molecule is CC(C)c1nc2cc(O)ccc2c(=O)n1-c1cccc(C#N)c1. The van der Waals surface area contributed by atoms with Gasteiger partial charge in [0.25, 0.3) is 5.56 Å². The van der Waals surface area contributed by atoms with E-state index in [2.05, 4.69) is 11.1 Å². The van der Waals surface area contributed by atoms with Gasteiger partial charge in [-0.05, 0) is 30.3 Å². The second-order valence-corrected chi connectivity index (χ2v) is 5.63. The Morgan fingerprint density at radius 1 is 1.22 bits per heavy atom. The van der Waals surface area contributed by atoms with E-state index in [0.29, 0.717) is 28.0 Å². The summed E-state index contributed by atoms with van der Waals surface area (Å²) in [5.41, 5.74) is 1.34. The maximum Gasteiger partial charge on any atom is 0.265 e. The molecule has 1 N–H and O–H groups in total. The van der Waals surface area contributed by atoms with Gasteiger partial charge in [0, 0.05) is 12.0 Å². The van der Waals surface area contributed by atoms with Gasteiger partial charge in [-0.25, -0.2) is 4.98 Å². The number of fused-ring (bicyclic) bond motifs is 1. The highest BCUT2D eigenvalue weighted by Gasteiger charge is 2.15. The minimum atomic E-state index is -0.214. The Morgan fingerprint density at radius 2 is 2.00 bits per heavy atom. The number of rotatable bonds is 2. The molecule has 0 aliphatic heterocycles. The van der Waals surface area contributed by atoms with Crippen LogP contribution in [0.15, 0.2) is 47.3 Å². The number of benzene rings is 2. The smallest absolute Gasteiger partial charge is 0.265 e. The van der Waals surface area contributed by atoms with Crippen LogP contribution < -0.4 is 5.56 Å². The number of aromatic hydroxyl groups is 1. The molecule has 0 spiro atoms. The van der Waals surface area contributed by atoms with Gasteiger partial charge in [-0.1, -0.05) is 19.9 Å². The summed E-state index contributed by atoms with van der Waals surface area (Å²) in [5, 5.41) is 19.1. The highest BCUT2D eigenvalue weighted by molar-refractivity contribution is 5.79. The van der Waals surface area contributed by atoms with Gasteiger partial charge in [-0.3, -0.25) is 9.36 Å². The minimum absolute atomic E-state index is 0.000177. The maximum atomic E-state index is 12.9. The summed E-state index contributed by atoms with van der Waals surface area (Å²) in [6.07, 6.45) is 0. The Labute approximate surface area is 133 Å². The van der Waals surface area contributed by atoms with Gasteiger partial charge in [0.1, 0.15) is 11.6 Å². The van der Waals surface area contributed by atoms with Crippen molar-refractivity contribution < 1.29 is 5.11 Å². The fourth-order valence-corrected chi connectivity index (χ4v) is 2.54. The lowest BCUT2D eigenvalue weighted by molar-refractivity contribution is 0.476. The number of phenolic OH excluding ortho intramolecular Hbond substituents is 1. The molecule has 2 aromatic carbocycles. The Morgan fingerprint density at radius 3 is 2.70 bits per heavy atom. The number of phenols is 1. The van der Waals surface area contributed by atoms with E-state index >= 15 is 0 Å². The first kappa shape index (κ1) is 14.8. The lowest BCUT2D eigenvalue weighted by Crippen LogP contribution is -2.24. The fourth-order valence-electron chi connectivity index (χ4n) is 2.54. The quantitative estimate of drug-likeness (QED) is 0.789. The fraction of sp³-hybridized carbons (Fsp3) is 0.167. The van der Waals surface area contributed by atoms with Crippen LogP contribution in [0.1, 0.15) is 31.2 Å². The molecule has 3 rings (SSSR count). The number of nitrogens with zero attached hydrogens (tertiary/aromatic N) is 3. The van der Waals surface area contributed by atoms with Crippen molar-refractivity contribution in [1.29, 1.82) is 5.26 Å². The third-order valence-corrected chi connectivity index (χ3v) is 3.63. The largest absolute Gasteiger partial charge is 0.508 e. The molecule has 23 heavy (non-hydrogen) atoms. The van der Waals surface area contributed by atoms with Crippen LogP contribution in [0.2, 0.25) is 0 Å². The summed E-state index contributed by atoms with van der Waals surface area (Å²) < 4.78 is 1.53.